The van der Waals surface area contributed by atoms with Crippen LogP contribution in [-0.2, 0) is 22.4 Å². The standard InChI is InChI=1S/C19H20N6O4S2/c1-3-29-18(28)11-7-21-19(23-15(11)20)30-8-13(26)24-25-9(2)22-16-14(17(25)27)10-5-4-6-12(10)31-16/h7H,3-6,8H2,1-2H3,(H,24,26)(H2,20,21,23). The minimum absolute atomic E-state index is 0.0237. The number of nitrogens with one attached hydrogen (secondary N) is 1. The molecule has 0 atom stereocenters. The zero-order valence-electron chi connectivity index (χ0n) is 16.9. The Balaban J connectivity index is 1.47. The van der Waals surface area contributed by atoms with Gasteiger partial charge < -0.3 is 10.5 Å². The van der Waals surface area contributed by atoms with Crippen molar-refractivity contribution in [2.24, 2.45) is 0 Å². The lowest BCUT2D eigenvalue weighted by atomic mass is 10.2. The summed E-state index contributed by atoms with van der Waals surface area (Å²) in [5, 5.41) is 0.829. The fourth-order valence-electron chi connectivity index (χ4n) is 3.38. The molecule has 3 aromatic heterocycles. The summed E-state index contributed by atoms with van der Waals surface area (Å²) in [4.78, 5) is 51.7. The van der Waals surface area contributed by atoms with Crippen molar-refractivity contribution in [3.05, 3.63) is 38.4 Å². The number of hydrogen-bond donors (Lipinski definition) is 2. The Kier molecular flexibility index (Phi) is 5.92. The second kappa shape index (κ2) is 8.63. The van der Waals surface area contributed by atoms with E-state index in [0.717, 1.165) is 41.4 Å². The number of fused-ring (bicyclic) bond motifs is 3. The fourth-order valence-corrected chi connectivity index (χ4v) is 5.29. The summed E-state index contributed by atoms with van der Waals surface area (Å²) < 4.78 is 6.07. The highest BCUT2D eigenvalue weighted by Gasteiger charge is 2.23. The van der Waals surface area contributed by atoms with Gasteiger partial charge in [-0.1, -0.05) is 11.8 Å². The highest BCUT2D eigenvalue weighted by atomic mass is 32.2. The lowest BCUT2D eigenvalue weighted by Gasteiger charge is -2.11. The molecule has 0 bridgehead atoms. The number of aromatic nitrogens is 4. The first-order valence-electron chi connectivity index (χ1n) is 9.65. The van der Waals surface area contributed by atoms with Gasteiger partial charge in [0.25, 0.3) is 5.56 Å². The molecule has 3 N–H and O–H groups in total. The van der Waals surface area contributed by atoms with Crippen LogP contribution < -0.4 is 16.7 Å². The van der Waals surface area contributed by atoms with E-state index in [4.69, 9.17) is 10.5 Å². The van der Waals surface area contributed by atoms with Crippen LogP contribution in [0.2, 0.25) is 0 Å². The fraction of sp³-hybridized carbons (Fsp3) is 0.368. The molecule has 12 heteroatoms. The maximum Gasteiger partial charge on any atom is 0.343 e. The van der Waals surface area contributed by atoms with Crippen LogP contribution in [-0.4, -0.2) is 43.9 Å². The van der Waals surface area contributed by atoms with Crippen LogP contribution in [0.1, 0.15) is 40.0 Å². The van der Waals surface area contributed by atoms with Crippen LogP contribution in [0.4, 0.5) is 5.82 Å². The number of ether oxygens (including phenoxy) is 1. The predicted molar refractivity (Wildman–Crippen MR) is 118 cm³/mol. The molecule has 0 unspecified atom stereocenters. The number of nitrogens with zero attached hydrogens (tertiary/aromatic N) is 4. The predicted octanol–water partition coefficient (Wildman–Crippen LogP) is 1.67. The Hall–Kier alpha value is -2.99. The Morgan fingerprint density at radius 1 is 1.35 bits per heavy atom. The minimum Gasteiger partial charge on any atom is -0.462 e. The topological polar surface area (TPSA) is 142 Å². The molecule has 31 heavy (non-hydrogen) atoms. The number of carbonyl (C=O) groups is 2. The second-order valence-electron chi connectivity index (χ2n) is 6.83. The number of aryl methyl sites for hydroxylation is 3. The molecule has 10 nitrogen and oxygen atoms in total. The normalized spacial score (nSPS) is 12.7. The second-order valence-corrected chi connectivity index (χ2v) is 8.86. The number of hydrogen-bond acceptors (Lipinski definition) is 10. The molecular formula is C19H20N6O4S2. The first-order chi connectivity index (χ1) is 14.9. The molecule has 0 aromatic carbocycles. The molecule has 0 aliphatic heterocycles. The van der Waals surface area contributed by atoms with Crippen LogP contribution in [0, 0.1) is 6.92 Å². The highest BCUT2D eigenvalue weighted by molar-refractivity contribution is 7.99. The lowest BCUT2D eigenvalue weighted by molar-refractivity contribution is -0.114. The van der Waals surface area contributed by atoms with Crippen LogP contribution in [0.15, 0.2) is 16.1 Å². The first kappa shape index (κ1) is 21.2. The summed E-state index contributed by atoms with van der Waals surface area (Å²) in [6, 6.07) is 0. The van der Waals surface area contributed by atoms with Crippen LogP contribution in [0.25, 0.3) is 10.2 Å². The third kappa shape index (κ3) is 4.12. The van der Waals surface area contributed by atoms with Crippen LogP contribution in [0.5, 0.6) is 0 Å². The van der Waals surface area contributed by atoms with Crippen molar-refractivity contribution in [2.75, 3.05) is 23.5 Å². The van der Waals surface area contributed by atoms with E-state index < -0.39 is 11.9 Å². The van der Waals surface area contributed by atoms with Gasteiger partial charge in [-0.2, -0.15) is 0 Å². The Labute approximate surface area is 185 Å². The van der Waals surface area contributed by atoms with Crippen molar-refractivity contribution >= 4 is 51.0 Å². The third-order valence-corrected chi connectivity index (χ3v) is 6.81. The summed E-state index contributed by atoms with van der Waals surface area (Å²) in [5.41, 5.74) is 9.26. The van der Waals surface area contributed by atoms with Gasteiger partial charge in [-0.3, -0.25) is 15.0 Å². The average Bonchev–Trinajstić information content (AvgIpc) is 3.30. The quantitative estimate of drug-likeness (QED) is 0.319. The van der Waals surface area contributed by atoms with E-state index in [1.165, 1.54) is 15.8 Å². The third-order valence-electron chi connectivity index (χ3n) is 4.77. The molecular weight excluding hydrogens is 440 g/mol. The van der Waals surface area contributed by atoms with Gasteiger partial charge in [0.2, 0.25) is 5.91 Å². The molecule has 1 aliphatic rings. The van der Waals surface area contributed by atoms with E-state index >= 15 is 0 Å². The molecule has 1 amide bonds. The number of thioether (sulfide) groups is 1. The van der Waals surface area contributed by atoms with Crippen molar-refractivity contribution in [1.29, 1.82) is 0 Å². The Morgan fingerprint density at radius 2 is 2.16 bits per heavy atom. The van der Waals surface area contributed by atoms with E-state index in [1.807, 2.05) is 0 Å². The van der Waals surface area contributed by atoms with Gasteiger partial charge in [-0.15, -0.1) is 11.3 Å². The van der Waals surface area contributed by atoms with Gasteiger partial charge in [-0.25, -0.2) is 24.4 Å². The van der Waals surface area contributed by atoms with E-state index in [0.29, 0.717) is 11.2 Å². The number of thiophene rings is 1. The summed E-state index contributed by atoms with van der Waals surface area (Å²) in [6.45, 7) is 3.57. The van der Waals surface area contributed by atoms with Crippen molar-refractivity contribution in [2.45, 2.75) is 38.3 Å². The smallest absolute Gasteiger partial charge is 0.343 e. The first-order valence-corrected chi connectivity index (χ1v) is 11.5. The minimum atomic E-state index is -0.605. The van der Waals surface area contributed by atoms with Crippen LogP contribution in [0.3, 0.4) is 0 Å². The van der Waals surface area contributed by atoms with Crippen molar-refractivity contribution in [3.63, 3.8) is 0 Å². The van der Waals surface area contributed by atoms with E-state index in [9.17, 15) is 14.4 Å². The maximum atomic E-state index is 13.0. The number of anilines is 1. The van der Waals surface area contributed by atoms with Gasteiger partial charge in [0, 0.05) is 11.1 Å². The molecule has 0 fully saturated rings. The zero-order valence-corrected chi connectivity index (χ0v) is 18.6. The number of nitrogen functional groups attached to an aromatic ring is 1. The SMILES string of the molecule is CCOC(=O)c1cnc(SCC(=O)Nn2c(C)nc3sc4c(c3c2=O)CCC4)nc1N. The monoisotopic (exact) mass is 460 g/mol. The van der Waals surface area contributed by atoms with Gasteiger partial charge in [0.1, 0.15) is 22.0 Å². The molecule has 4 rings (SSSR count). The molecule has 3 aromatic rings. The molecule has 162 valence electrons. The summed E-state index contributed by atoms with van der Waals surface area (Å²) in [7, 11) is 0. The van der Waals surface area contributed by atoms with Gasteiger partial charge >= 0.3 is 5.97 Å². The summed E-state index contributed by atoms with van der Waals surface area (Å²) in [6.07, 6.45) is 4.13. The summed E-state index contributed by atoms with van der Waals surface area (Å²) in [5.74, 6) is -0.685. The zero-order chi connectivity index (χ0) is 22.1. The molecule has 0 saturated heterocycles. The van der Waals surface area contributed by atoms with E-state index in [-0.39, 0.29) is 34.5 Å². The molecule has 0 radical (unpaired) electrons. The van der Waals surface area contributed by atoms with Gasteiger partial charge in [0.15, 0.2) is 5.16 Å². The van der Waals surface area contributed by atoms with Crippen molar-refractivity contribution in [3.8, 4) is 0 Å². The molecule has 1 aliphatic carbocycles. The molecule has 0 saturated carbocycles. The van der Waals surface area contributed by atoms with E-state index in [1.54, 1.807) is 25.2 Å². The Morgan fingerprint density at radius 3 is 2.90 bits per heavy atom. The number of esters is 1. The molecule has 0 spiro atoms. The molecule has 3 heterocycles. The average molecular weight is 461 g/mol. The lowest BCUT2D eigenvalue weighted by Crippen LogP contribution is -2.36. The largest absolute Gasteiger partial charge is 0.462 e. The maximum absolute atomic E-state index is 13.0. The van der Waals surface area contributed by atoms with E-state index in [2.05, 4.69) is 20.4 Å². The number of nitrogens with two attached hydrogens (primary N) is 1. The highest BCUT2D eigenvalue weighted by Crippen LogP contribution is 2.34. The van der Waals surface area contributed by atoms with Gasteiger partial charge in [-0.05, 0) is 38.7 Å². The number of rotatable bonds is 6. The Bertz CT molecular complexity index is 1250. The summed E-state index contributed by atoms with van der Waals surface area (Å²) >= 11 is 2.59. The van der Waals surface area contributed by atoms with Gasteiger partial charge in [0.05, 0.1) is 17.7 Å². The number of carbonyl (C=O) groups excluding carboxylic acids is 2. The number of amides is 1. The van der Waals surface area contributed by atoms with Crippen molar-refractivity contribution < 1.29 is 14.3 Å². The van der Waals surface area contributed by atoms with Crippen molar-refractivity contribution in [1.82, 2.24) is 19.6 Å². The van der Waals surface area contributed by atoms with Crippen LogP contribution >= 0.6 is 23.1 Å².